The van der Waals surface area contributed by atoms with Crippen molar-refractivity contribution < 1.29 is 13.6 Å². The zero-order chi connectivity index (χ0) is 18.1. The molecular weight excluding hydrogens is 333 g/mol. The van der Waals surface area contributed by atoms with E-state index in [1.165, 1.54) is 17.7 Å². The fourth-order valence-electron chi connectivity index (χ4n) is 3.40. The van der Waals surface area contributed by atoms with E-state index in [9.17, 15) is 9.18 Å². The highest BCUT2D eigenvalue weighted by atomic mass is 19.1. The monoisotopic (exact) mass is 353 g/mol. The van der Waals surface area contributed by atoms with E-state index in [1.54, 1.807) is 24.1 Å². The first-order chi connectivity index (χ1) is 12.6. The fourth-order valence-corrected chi connectivity index (χ4v) is 3.40. The molecule has 0 aliphatic carbocycles. The van der Waals surface area contributed by atoms with Gasteiger partial charge in [-0.2, -0.15) is 0 Å². The number of nitrogens with zero attached hydrogens (tertiary/aromatic N) is 3. The van der Waals surface area contributed by atoms with Crippen LogP contribution in [-0.4, -0.2) is 46.9 Å². The van der Waals surface area contributed by atoms with E-state index in [1.807, 2.05) is 12.3 Å². The van der Waals surface area contributed by atoms with Gasteiger partial charge in [0.15, 0.2) is 5.76 Å². The quantitative estimate of drug-likeness (QED) is 0.725. The Balaban J connectivity index is 1.44. The topological polar surface area (TPSA) is 49.6 Å². The predicted molar refractivity (Wildman–Crippen MR) is 96.3 cm³/mol. The van der Waals surface area contributed by atoms with Crippen LogP contribution >= 0.6 is 0 Å². The highest BCUT2D eigenvalue weighted by molar-refractivity contribution is 5.99. The summed E-state index contributed by atoms with van der Waals surface area (Å²) in [6, 6.07) is 8.32. The Morgan fingerprint density at radius 2 is 2.04 bits per heavy atom. The van der Waals surface area contributed by atoms with Crippen molar-refractivity contribution >= 4 is 16.9 Å². The lowest BCUT2D eigenvalue weighted by Gasteiger charge is -2.34. The molecule has 5 nitrogen and oxygen atoms in total. The first-order valence-electron chi connectivity index (χ1n) is 8.71. The minimum atomic E-state index is -0.329. The third kappa shape index (κ3) is 3.20. The first-order valence-corrected chi connectivity index (χ1v) is 8.71. The maximum Gasteiger partial charge on any atom is 0.289 e. The number of rotatable bonds is 3. The molecule has 0 atom stereocenters. The smallest absolute Gasteiger partial charge is 0.289 e. The summed E-state index contributed by atoms with van der Waals surface area (Å²) < 4.78 is 19.2. The predicted octanol–water partition coefficient (Wildman–Crippen LogP) is 3.23. The molecular formula is C20H20FN3O2. The normalized spacial score (nSPS) is 15.5. The maximum atomic E-state index is 13.5. The number of aromatic nitrogens is 1. The summed E-state index contributed by atoms with van der Waals surface area (Å²) in [5.41, 5.74) is 2.41. The maximum absolute atomic E-state index is 13.5. The van der Waals surface area contributed by atoms with Crippen molar-refractivity contribution in [3.8, 4) is 0 Å². The van der Waals surface area contributed by atoms with Crippen molar-refractivity contribution in [1.29, 1.82) is 0 Å². The van der Waals surface area contributed by atoms with E-state index in [0.717, 1.165) is 19.6 Å². The third-order valence-electron chi connectivity index (χ3n) is 4.88. The number of amides is 1. The van der Waals surface area contributed by atoms with E-state index in [0.29, 0.717) is 35.4 Å². The van der Waals surface area contributed by atoms with E-state index in [2.05, 4.69) is 16.0 Å². The van der Waals surface area contributed by atoms with Crippen LogP contribution in [0.4, 0.5) is 4.39 Å². The molecule has 1 fully saturated rings. The van der Waals surface area contributed by atoms with Gasteiger partial charge in [-0.25, -0.2) is 4.39 Å². The van der Waals surface area contributed by atoms with Crippen LogP contribution in [0.25, 0.3) is 11.0 Å². The molecule has 1 aromatic carbocycles. The highest BCUT2D eigenvalue weighted by Crippen LogP contribution is 2.27. The first kappa shape index (κ1) is 16.7. The molecule has 1 amide bonds. The van der Waals surface area contributed by atoms with Crippen molar-refractivity contribution in [1.82, 2.24) is 14.8 Å². The molecule has 4 rings (SSSR count). The zero-order valence-corrected chi connectivity index (χ0v) is 14.6. The van der Waals surface area contributed by atoms with Gasteiger partial charge in [0, 0.05) is 56.1 Å². The molecule has 1 aliphatic rings. The second-order valence-electron chi connectivity index (χ2n) is 6.63. The van der Waals surface area contributed by atoms with Gasteiger partial charge < -0.3 is 9.32 Å². The number of carbonyl (C=O) groups is 1. The second-order valence-corrected chi connectivity index (χ2v) is 6.63. The SMILES string of the molecule is Cc1c(C(=O)N2CCN(Cc3cccnc3)CC2)oc2ccc(F)cc12. The minimum absolute atomic E-state index is 0.125. The molecule has 0 saturated carbocycles. The highest BCUT2D eigenvalue weighted by Gasteiger charge is 2.26. The molecule has 6 heteroatoms. The Hall–Kier alpha value is -2.73. The van der Waals surface area contributed by atoms with Crippen LogP contribution in [0.2, 0.25) is 0 Å². The lowest BCUT2D eigenvalue weighted by Crippen LogP contribution is -2.48. The minimum Gasteiger partial charge on any atom is -0.451 e. The molecule has 134 valence electrons. The summed E-state index contributed by atoms with van der Waals surface area (Å²) >= 11 is 0. The molecule has 3 heterocycles. The van der Waals surface area contributed by atoms with Crippen LogP contribution in [0.15, 0.2) is 47.1 Å². The lowest BCUT2D eigenvalue weighted by atomic mass is 10.1. The number of fused-ring (bicyclic) bond motifs is 1. The van der Waals surface area contributed by atoms with Gasteiger partial charge in [-0.15, -0.1) is 0 Å². The van der Waals surface area contributed by atoms with Gasteiger partial charge in [0.1, 0.15) is 11.4 Å². The van der Waals surface area contributed by atoms with Crippen molar-refractivity contribution in [3.63, 3.8) is 0 Å². The van der Waals surface area contributed by atoms with Gasteiger partial charge in [-0.05, 0) is 36.8 Å². The number of hydrogen-bond donors (Lipinski definition) is 0. The summed E-state index contributed by atoms with van der Waals surface area (Å²) in [6.45, 7) is 5.52. The van der Waals surface area contributed by atoms with Gasteiger partial charge in [-0.3, -0.25) is 14.7 Å². The third-order valence-corrected chi connectivity index (χ3v) is 4.88. The number of furan rings is 1. The van der Waals surface area contributed by atoms with Crippen LogP contribution in [0.3, 0.4) is 0 Å². The Bertz CT molecular complexity index is 931. The van der Waals surface area contributed by atoms with Crippen LogP contribution in [0.1, 0.15) is 21.7 Å². The Morgan fingerprint density at radius 3 is 2.77 bits per heavy atom. The van der Waals surface area contributed by atoms with Gasteiger partial charge >= 0.3 is 0 Å². The number of benzene rings is 1. The fraction of sp³-hybridized carbons (Fsp3) is 0.300. The van der Waals surface area contributed by atoms with E-state index < -0.39 is 0 Å². The Morgan fingerprint density at radius 1 is 1.23 bits per heavy atom. The number of piperazine rings is 1. The average molecular weight is 353 g/mol. The van der Waals surface area contributed by atoms with E-state index in [-0.39, 0.29) is 11.7 Å². The number of carbonyl (C=O) groups excluding carboxylic acids is 1. The number of halogens is 1. The Kier molecular flexibility index (Phi) is 4.42. The molecule has 1 aliphatic heterocycles. The van der Waals surface area contributed by atoms with Gasteiger partial charge in [-0.1, -0.05) is 6.07 Å². The molecule has 0 unspecified atom stereocenters. The molecule has 3 aromatic rings. The zero-order valence-electron chi connectivity index (χ0n) is 14.6. The standard InChI is InChI=1S/C20H20FN3O2/c1-14-17-11-16(21)4-5-18(17)26-19(14)20(25)24-9-7-23(8-10-24)13-15-3-2-6-22-12-15/h2-6,11-12H,7-10,13H2,1H3. The average Bonchev–Trinajstić information content (AvgIpc) is 2.99. The van der Waals surface area contributed by atoms with Gasteiger partial charge in [0.2, 0.25) is 0 Å². The molecule has 0 spiro atoms. The molecule has 2 aromatic heterocycles. The molecule has 0 radical (unpaired) electrons. The molecule has 0 N–H and O–H groups in total. The summed E-state index contributed by atoms with van der Waals surface area (Å²) in [5, 5.41) is 0.656. The second kappa shape index (κ2) is 6.88. The summed E-state index contributed by atoms with van der Waals surface area (Å²) in [6.07, 6.45) is 3.63. The number of aryl methyl sites for hydroxylation is 1. The summed E-state index contributed by atoms with van der Waals surface area (Å²) in [4.78, 5) is 21.1. The van der Waals surface area contributed by atoms with Gasteiger partial charge in [0.25, 0.3) is 5.91 Å². The van der Waals surface area contributed by atoms with Crippen LogP contribution in [0.5, 0.6) is 0 Å². The number of hydrogen-bond acceptors (Lipinski definition) is 4. The molecule has 1 saturated heterocycles. The van der Waals surface area contributed by atoms with E-state index in [4.69, 9.17) is 4.42 Å². The van der Waals surface area contributed by atoms with Crippen molar-refractivity contribution in [3.05, 3.63) is 65.4 Å². The molecule has 26 heavy (non-hydrogen) atoms. The number of pyridine rings is 1. The van der Waals surface area contributed by atoms with Crippen molar-refractivity contribution in [2.24, 2.45) is 0 Å². The Labute approximate surface area is 151 Å². The van der Waals surface area contributed by atoms with Crippen LogP contribution in [0, 0.1) is 12.7 Å². The lowest BCUT2D eigenvalue weighted by molar-refractivity contribution is 0.0599. The largest absolute Gasteiger partial charge is 0.451 e. The van der Waals surface area contributed by atoms with Crippen LogP contribution in [-0.2, 0) is 6.54 Å². The van der Waals surface area contributed by atoms with E-state index >= 15 is 0 Å². The van der Waals surface area contributed by atoms with Gasteiger partial charge in [0.05, 0.1) is 0 Å². The van der Waals surface area contributed by atoms with Crippen LogP contribution < -0.4 is 0 Å². The summed E-state index contributed by atoms with van der Waals surface area (Å²) in [7, 11) is 0. The summed E-state index contributed by atoms with van der Waals surface area (Å²) in [5.74, 6) is -0.143. The van der Waals surface area contributed by atoms with Crippen molar-refractivity contribution in [2.45, 2.75) is 13.5 Å². The van der Waals surface area contributed by atoms with Crippen molar-refractivity contribution in [2.75, 3.05) is 26.2 Å². The molecule has 0 bridgehead atoms.